The molecule has 2 aliphatic heterocycles. The summed E-state index contributed by atoms with van der Waals surface area (Å²) in [6.07, 6.45) is 0.465. The lowest BCUT2D eigenvalue weighted by Gasteiger charge is -2.36. The molecule has 0 radical (unpaired) electrons. The number of likely N-dealkylation sites (tertiary alicyclic amines) is 1. The van der Waals surface area contributed by atoms with Gasteiger partial charge in [0.25, 0.3) is 11.8 Å². The van der Waals surface area contributed by atoms with Gasteiger partial charge < -0.3 is 39.5 Å². The maximum Gasteiger partial charge on any atom is 0.409 e. The number of aryl methyl sites for hydroxylation is 1. The Balaban J connectivity index is 1.55. The molecule has 4 rings (SSSR count). The van der Waals surface area contributed by atoms with Crippen LogP contribution in [0.5, 0.6) is 5.75 Å². The number of carbonyl (C=O) groups is 6. The van der Waals surface area contributed by atoms with E-state index in [0.717, 1.165) is 0 Å². The van der Waals surface area contributed by atoms with E-state index in [1.807, 2.05) is 0 Å². The van der Waals surface area contributed by atoms with Crippen molar-refractivity contribution in [3.63, 3.8) is 0 Å². The number of amides is 5. The van der Waals surface area contributed by atoms with Gasteiger partial charge in [0.1, 0.15) is 29.3 Å². The van der Waals surface area contributed by atoms with Crippen molar-refractivity contribution in [3.05, 3.63) is 35.3 Å². The molecule has 2 fully saturated rings. The van der Waals surface area contributed by atoms with Crippen LogP contribution in [-0.4, -0.2) is 127 Å². The number of aromatic nitrogens is 1. The summed E-state index contributed by atoms with van der Waals surface area (Å²) < 4.78 is 30.7. The number of pyridine rings is 1. The molecule has 15 nitrogen and oxygen atoms in total. The lowest BCUT2D eigenvalue weighted by Crippen LogP contribution is -2.56. The molecule has 16 heteroatoms. The highest BCUT2D eigenvalue weighted by Gasteiger charge is 2.35. The smallest absolute Gasteiger partial charge is 0.409 e. The van der Waals surface area contributed by atoms with Crippen LogP contribution < -0.4 is 15.4 Å². The van der Waals surface area contributed by atoms with Gasteiger partial charge in [0.2, 0.25) is 11.8 Å². The fourth-order valence-electron chi connectivity index (χ4n) is 5.94. The summed E-state index contributed by atoms with van der Waals surface area (Å²) in [7, 11) is 0. The summed E-state index contributed by atoms with van der Waals surface area (Å²) in [6, 6.07) is 2.12. The lowest BCUT2D eigenvalue weighted by atomic mass is 10.1. The van der Waals surface area contributed by atoms with Crippen molar-refractivity contribution >= 4 is 46.6 Å². The second kappa shape index (κ2) is 17.6. The van der Waals surface area contributed by atoms with Crippen LogP contribution in [0.1, 0.15) is 62.5 Å². The molecular weight excluding hydrogens is 655 g/mol. The van der Waals surface area contributed by atoms with Gasteiger partial charge >= 0.3 is 12.1 Å². The van der Waals surface area contributed by atoms with Gasteiger partial charge in [-0.1, -0.05) is 0 Å². The van der Waals surface area contributed by atoms with Gasteiger partial charge in [-0.3, -0.25) is 24.0 Å². The number of halogens is 1. The number of hydrogen-bond acceptors (Lipinski definition) is 10. The normalized spacial score (nSPS) is 16.5. The average Bonchev–Trinajstić information content (AvgIpc) is 3.60. The van der Waals surface area contributed by atoms with E-state index in [9.17, 15) is 33.2 Å². The Bertz CT molecular complexity index is 1600. The van der Waals surface area contributed by atoms with Crippen molar-refractivity contribution < 1.29 is 47.4 Å². The zero-order chi connectivity index (χ0) is 36.4. The van der Waals surface area contributed by atoms with Crippen LogP contribution in [0.2, 0.25) is 0 Å². The molecule has 0 saturated carbocycles. The predicted molar refractivity (Wildman–Crippen MR) is 178 cm³/mol. The predicted octanol–water partition coefficient (Wildman–Crippen LogP) is 1.93. The highest BCUT2D eigenvalue weighted by atomic mass is 19.1. The molecule has 1 aromatic carbocycles. The minimum atomic E-state index is -1.15. The average molecular weight is 701 g/mol. The molecule has 3 heterocycles. The maximum absolute atomic E-state index is 14.7. The van der Waals surface area contributed by atoms with Crippen molar-refractivity contribution in [1.82, 2.24) is 30.3 Å². The van der Waals surface area contributed by atoms with E-state index in [-0.39, 0.29) is 86.1 Å². The van der Waals surface area contributed by atoms with Crippen LogP contribution in [-0.2, 0) is 28.7 Å². The second-order valence-corrected chi connectivity index (χ2v) is 11.9. The SMILES string of the molecule is CCNC(=O)C1CCCN1C(=O)COc1cc(C(=O)NC(CCC(=O)OCC)C(=O)N2CCN(C(=O)OCC)CC2)nc2cc(C)c(F)cc12. The Hall–Kier alpha value is -5.02. The molecule has 50 heavy (non-hydrogen) atoms. The van der Waals surface area contributed by atoms with Gasteiger partial charge in [0, 0.05) is 57.1 Å². The number of fused-ring (bicyclic) bond motifs is 1. The first-order valence-corrected chi connectivity index (χ1v) is 16.9. The lowest BCUT2D eigenvalue weighted by molar-refractivity contribution is -0.143. The van der Waals surface area contributed by atoms with E-state index in [2.05, 4.69) is 15.6 Å². The Labute approximate surface area is 289 Å². The first-order chi connectivity index (χ1) is 24.0. The number of benzene rings is 1. The second-order valence-electron chi connectivity index (χ2n) is 11.9. The number of nitrogens with one attached hydrogen (secondary N) is 2. The van der Waals surface area contributed by atoms with Crippen molar-refractivity contribution in [2.45, 2.75) is 65.5 Å². The molecule has 2 atom stereocenters. The van der Waals surface area contributed by atoms with Crippen LogP contribution in [0.15, 0.2) is 18.2 Å². The molecule has 0 bridgehead atoms. The molecule has 2 aliphatic rings. The summed E-state index contributed by atoms with van der Waals surface area (Å²) in [5.41, 5.74) is 0.300. The van der Waals surface area contributed by atoms with Crippen molar-refractivity contribution in [3.8, 4) is 5.75 Å². The number of nitrogens with zero attached hydrogens (tertiary/aromatic N) is 4. The Kier molecular flexibility index (Phi) is 13.3. The molecular formula is C34H45FN6O9. The molecule has 272 valence electrons. The Morgan fingerprint density at radius 3 is 2.34 bits per heavy atom. The van der Waals surface area contributed by atoms with Gasteiger partial charge in [-0.15, -0.1) is 0 Å². The van der Waals surface area contributed by atoms with Crippen LogP contribution in [0.4, 0.5) is 9.18 Å². The van der Waals surface area contributed by atoms with Crippen LogP contribution >= 0.6 is 0 Å². The van der Waals surface area contributed by atoms with E-state index >= 15 is 0 Å². The van der Waals surface area contributed by atoms with E-state index in [0.29, 0.717) is 25.9 Å². The summed E-state index contributed by atoms with van der Waals surface area (Å²) in [6.45, 7) is 8.20. The summed E-state index contributed by atoms with van der Waals surface area (Å²) in [5.74, 6) is -3.01. The minimum absolute atomic E-state index is 0.00523. The number of esters is 1. The van der Waals surface area contributed by atoms with Gasteiger partial charge in [0.15, 0.2) is 6.61 Å². The van der Waals surface area contributed by atoms with E-state index in [4.69, 9.17) is 14.2 Å². The fraction of sp³-hybridized carbons (Fsp3) is 0.559. The number of carbonyl (C=O) groups excluding carboxylic acids is 6. The monoisotopic (exact) mass is 700 g/mol. The zero-order valence-corrected chi connectivity index (χ0v) is 28.9. The minimum Gasteiger partial charge on any atom is -0.483 e. The van der Waals surface area contributed by atoms with Gasteiger partial charge in [-0.05, 0) is 64.7 Å². The first kappa shape index (κ1) is 37.8. The highest BCUT2D eigenvalue weighted by Crippen LogP contribution is 2.29. The molecule has 1 aromatic heterocycles. The Morgan fingerprint density at radius 2 is 1.66 bits per heavy atom. The number of likely N-dealkylation sites (N-methyl/N-ethyl adjacent to an activating group) is 1. The Morgan fingerprint density at radius 1 is 0.960 bits per heavy atom. The van der Waals surface area contributed by atoms with E-state index < -0.39 is 54.3 Å². The zero-order valence-electron chi connectivity index (χ0n) is 28.9. The van der Waals surface area contributed by atoms with Crippen molar-refractivity contribution in [1.29, 1.82) is 0 Å². The number of piperazine rings is 1. The van der Waals surface area contributed by atoms with Crippen LogP contribution in [0, 0.1) is 12.7 Å². The van der Waals surface area contributed by atoms with Crippen LogP contribution in [0.3, 0.4) is 0 Å². The standard InChI is InChI=1S/C34H45FN6O9/c1-5-36-32(45)27-9-8-12-41(27)29(42)20-50-28-19-26(37-25-17-21(4)23(35)18-22(25)28)31(44)38-24(10-11-30(43)48-6-2)33(46)39-13-15-40(16-14-39)34(47)49-7-3/h17-19,24,27H,5-16,20H2,1-4H3,(H,36,45)(H,38,44). The molecule has 2 aromatic rings. The molecule has 0 spiro atoms. The largest absolute Gasteiger partial charge is 0.483 e. The summed E-state index contributed by atoms with van der Waals surface area (Å²) in [4.78, 5) is 86.3. The third-order valence-corrected chi connectivity index (χ3v) is 8.52. The molecule has 5 amide bonds. The highest BCUT2D eigenvalue weighted by molar-refractivity contribution is 5.99. The number of ether oxygens (including phenoxy) is 3. The fourth-order valence-corrected chi connectivity index (χ4v) is 5.94. The molecule has 2 unspecified atom stereocenters. The van der Waals surface area contributed by atoms with E-state index in [1.54, 1.807) is 20.8 Å². The van der Waals surface area contributed by atoms with Gasteiger partial charge in [-0.25, -0.2) is 14.2 Å². The third-order valence-electron chi connectivity index (χ3n) is 8.52. The number of rotatable bonds is 13. The van der Waals surface area contributed by atoms with Gasteiger partial charge in [-0.2, -0.15) is 0 Å². The number of hydrogen-bond donors (Lipinski definition) is 2. The van der Waals surface area contributed by atoms with Gasteiger partial charge in [0.05, 0.1) is 18.7 Å². The molecule has 2 saturated heterocycles. The topological polar surface area (TPSA) is 177 Å². The summed E-state index contributed by atoms with van der Waals surface area (Å²) >= 11 is 0. The molecule has 0 aliphatic carbocycles. The maximum atomic E-state index is 14.7. The van der Waals surface area contributed by atoms with Crippen molar-refractivity contribution in [2.24, 2.45) is 0 Å². The first-order valence-electron chi connectivity index (χ1n) is 16.9. The third kappa shape index (κ3) is 9.36. The quantitative estimate of drug-likeness (QED) is 0.294. The van der Waals surface area contributed by atoms with E-state index in [1.165, 1.54) is 39.8 Å². The molecule has 2 N–H and O–H groups in total. The summed E-state index contributed by atoms with van der Waals surface area (Å²) in [5, 5.41) is 5.64. The van der Waals surface area contributed by atoms with Crippen LogP contribution in [0.25, 0.3) is 10.9 Å². The van der Waals surface area contributed by atoms with Crippen molar-refractivity contribution in [2.75, 3.05) is 59.1 Å².